The van der Waals surface area contributed by atoms with Crippen LogP contribution in [0.25, 0.3) is 0 Å². The van der Waals surface area contributed by atoms with E-state index in [1.54, 1.807) is 29.2 Å². The van der Waals surface area contributed by atoms with Crippen molar-refractivity contribution >= 4 is 40.8 Å². The number of anilines is 1. The molecule has 9 nitrogen and oxygen atoms in total. The fourth-order valence-corrected chi connectivity index (χ4v) is 5.53. The maximum Gasteiger partial charge on any atom is 0.319 e. The maximum atomic E-state index is 14.2. The topological polar surface area (TPSA) is 103 Å². The molecule has 0 bridgehead atoms. The first-order chi connectivity index (χ1) is 20.9. The number of urea groups is 1. The SMILES string of the molecule is CC(C)NC(=O)Nc1ccc2c(c1)C(=O)N([C@H](C)CO)C[C@H](C)[C@H](CN(C)Cc1ccc(Cl)c(Cl)c1)OCCCC[C@@H](C)O2. The molecule has 44 heavy (non-hydrogen) atoms. The van der Waals surface area contributed by atoms with Crippen LogP contribution in [0.15, 0.2) is 36.4 Å². The molecule has 4 atom stereocenters. The third-order valence-electron chi connectivity index (χ3n) is 7.66. The first kappa shape index (κ1) is 35.9. The van der Waals surface area contributed by atoms with Crippen LogP contribution in [0.4, 0.5) is 10.5 Å². The number of halogens is 2. The summed E-state index contributed by atoms with van der Waals surface area (Å²) in [5.74, 6) is 0.105. The smallest absolute Gasteiger partial charge is 0.319 e. The van der Waals surface area contributed by atoms with E-state index in [4.69, 9.17) is 32.7 Å². The number of benzene rings is 2. The Labute approximate surface area is 272 Å². The van der Waals surface area contributed by atoms with Crippen molar-refractivity contribution in [3.8, 4) is 5.75 Å². The molecule has 0 radical (unpaired) electrons. The van der Waals surface area contributed by atoms with E-state index in [-0.39, 0.29) is 42.7 Å². The third-order valence-corrected chi connectivity index (χ3v) is 8.40. The zero-order valence-corrected chi connectivity index (χ0v) is 28.3. The summed E-state index contributed by atoms with van der Waals surface area (Å²) in [6, 6.07) is 9.89. The van der Waals surface area contributed by atoms with Crippen molar-refractivity contribution < 1.29 is 24.2 Å². The Balaban J connectivity index is 1.90. The molecule has 1 aliphatic rings. The van der Waals surface area contributed by atoms with Crippen LogP contribution in [-0.2, 0) is 11.3 Å². The van der Waals surface area contributed by atoms with Crippen LogP contribution in [-0.4, -0.2) is 84.5 Å². The number of fused-ring (bicyclic) bond motifs is 1. The molecule has 1 heterocycles. The number of aliphatic hydroxyl groups is 1. The number of ether oxygens (including phenoxy) is 2. The lowest BCUT2D eigenvalue weighted by molar-refractivity contribution is -0.0177. The highest BCUT2D eigenvalue weighted by molar-refractivity contribution is 6.42. The van der Waals surface area contributed by atoms with E-state index in [1.807, 2.05) is 46.9 Å². The molecule has 3 N–H and O–H groups in total. The Morgan fingerprint density at radius 1 is 1.11 bits per heavy atom. The molecular formula is C33H48Cl2N4O5. The van der Waals surface area contributed by atoms with Crippen molar-refractivity contribution in [2.45, 2.75) is 84.7 Å². The molecule has 3 amide bonds. The van der Waals surface area contributed by atoms with Crippen molar-refractivity contribution in [1.82, 2.24) is 15.1 Å². The number of carbonyl (C=O) groups is 2. The predicted molar refractivity (Wildman–Crippen MR) is 177 cm³/mol. The number of likely N-dealkylation sites (N-methyl/N-ethyl adjacent to an activating group) is 1. The second kappa shape index (κ2) is 17.2. The van der Waals surface area contributed by atoms with Gasteiger partial charge >= 0.3 is 6.03 Å². The van der Waals surface area contributed by atoms with Gasteiger partial charge in [-0.05, 0) is 89.9 Å². The average molecular weight is 652 g/mol. The highest BCUT2D eigenvalue weighted by atomic mass is 35.5. The van der Waals surface area contributed by atoms with Crippen molar-refractivity contribution in [1.29, 1.82) is 0 Å². The molecule has 2 aromatic rings. The summed E-state index contributed by atoms with van der Waals surface area (Å²) in [6.45, 7) is 11.7. The average Bonchev–Trinajstić information content (AvgIpc) is 2.96. The molecule has 0 spiro atoms. The van der Waals surface area contributed by atoms with Crippen LogP contribution in [0.2, 0.25) is 10.0 Å². The third kappa shape index (κ3) is 10.8. The molecule has 0 unspecified atom stereocenters. The van der Waals surface area contributed by atoms with Gasteiger partial charge in [0.15, 0.2) is 0 Å². The molecule has 0 saturated carbocycles. The zero-order valence-electron chi connectivity index (χ0n) is 26.7. The van der Waals surface area contributed by atoms with Gasteiger partial charge in [-0.25, -0.2) is 4.79 Å². The largest absolute Gasteiger partial charge is 0.490 e. The maximum absolute atomic E-state index is 14.2. The summed E-state index contributed by atoms with van der Waals surface area (Å²) in [6.07, 6.45) is 2.27. The number of nitrogens with zero attached hydrogens (tertiary/aromatic N) is 2. The number of hydrogen-bond donors (Lipinski definition) is 3. The summed E-state index contributed by atoms with van der Waals surface area (Å²) in [4.78, 5) is 30.5. The van der Waals surface area contributed by atoms with Gasteiger partial charge in [0.25, 0.3) is 5.91 Å². The molecule has 2 aromatic carbocycles. The van der Waals surface area contributed by atoms with E-state index in [9.17, 15) is 14.7 Å². The summed E-state index contributed by atoms with van der Waals surface area (Å²) in [7, 11) is 2.03. The van der Waals surface area contributed by atoms with E-state index < -0.39 is 6.04 Å². The Bertz CT molecular complexity index is 1250. The van der Waals surface area contributed by atoms with E-state index >= 15 is 0 Å². The van der Waals surface area contributed by atoms with Crippen LogP contribution in [0.3, 0.4) is 0 Å². The second-order valence-corrected chi connectivity index (χ2v) is 13.0. The standard InChI is InChI=1S/C33H48Cl2N4O5/c1-21(2)36-33(42)37-26-11-13-30-27(16-26)32(41)39(23(4)20-40)17-22(3)31(43-14-8-7-9-24(5)44-30)19-38(6)18-25-10-12-28(34)29(35)15-25/h10-13,15-16,21-24,31,40H,7-9,14,17-20H2,1-6H3,(H2,36,37,42)/t22-,23+,24+,31-/m0/s1. The van der Waals surface area contributed by atoms with Gasteiger partial charge in [0, 0.05) is 43.9 Å². The second-order valence-electron chi connectivity index (χ2n) is 12.2. The predicted octanol–water partition coefficient (Wildman–Crippen LogP) is 6.45. The number of amides is 3. The summed E-state index contributed by atoms with van der Waals surface area (Å²) >= 11 is 12.4. The zero-order chi connectivity index (χ0) is 32.4. The minimum Gasteiger partial charge on any atom is -0.490 e. The molecule has 244 valence electrons. The normalized spacial score (nSPS) is 20.9. The molecule has 3 rings (SSSR count). The van der Waals surface area contributed by atoms with E-state index in [0.29, 0.717) is 53.3 Å². The van der Waals surface area contributed by atoms with Crippen LogP contribution in [0.1, 0.15) is 69.8 Å². The van der Waals surface area contributed by atoms with Crippen LogP contribution in [0.5, 0.6) is 5.75 Å². The van der Waals surface area contributed by atoms with Crippen LogP contribution in [0, 0.1) is 5.92 Å². The molecule has 11 heteroatoms. The molecule has 0 aliphatic carbocycles. The Hall–Kier alpha value is -2.56. The molecule has 0 fully saturated rings. The van der Waals surface area contributed by atoms with Crippen molar-refractivity contribution in [2.24, 2.45) is 5.92 Å². The first-order valence-electron chi connectivity index (χ1n) is 15.4. The number of nitrogens with one attached hydrogen (secondary N) is 2. The van der Waals surface area contributed by atoms with Crippen molar-refractivity contribution in [3.05, 3.63) is 57.6 Å². The summed E-state index contributed by atoms with van der Waals surface area (Å²) < 4.78 is 12.7. The van der Waals surface area contributed by atoms with Crippen LogP contribution < -0.4 is 15.4 Å². The van der Waals surface area contributed by atoms with Crippen molar-refractivity contribution in [3.63, 3.8) is 0 Å². The van der Waals surface area contributed by atoms with E-state index in [0.717, 1.165) is 24.8 Å². The van der Waals surface area contributed by atoms with E-state index in [1.165, 1.54) is 0 Å². The number of hydrogen-bond acceptors (Lipinski definition) is 6. The summed E-state index contributed by atoms with van der Waals surface area (Å²) in [5, 5.41) is 16.8. The quantitative estimate of drug-likeness (QED) is 0.303. The van der Waals surface area contributed by atoms with Gasteiger partial charge in [-0.15, -0.1) is 0 Å². The molecular weight excluding hydrogens is 603 g/mol. The van der Waals surface area contributed by atoms with Gasteiger partial charge in [-0.2, -0.15) is 0 Å². The molecule has 1 aliphatic heterocycles. The highest BCUT2D eigenvalue weighted by Crippen LogP contribution is 2.29. The minimum absolute atomic E-state index is 0.0429. The van der Waals surface area contributed by atoms with Gasteiger partial charge in [0.05, 0.1) is 40.5 Å². The van der Waals surface area contributed by atoms with Gasteiger partial charge in [-0.1, -0.05) is 36.2 Å². The minimum atomic E-state index is -0.460. The van der Waals surface area contributed by atoms with Crippen molar-refractivity contribution in [2.75, 3.05) is 38.7 Å². The fraction of sp³-hybridized carbons (Fsp3) is 0.576. The monoisotopic (exact) mass is 650 g/mol. The molecule has 0 aromatic heterocycles. The molecule has 0 saturated heterocycles. The van der Waals surface area contributed by atoms with Gasteiger partial charge in [0.1, 0.15) is 5.75 Å². The number of rotatable bonds is 8. The number of aliphatic hydroxyl groups excluding tert-OH is 1. The lowest BCUT2D eigenvalue weighted by atomic mass is 10.0. The lowest BCUT2D eigenvalue weighted by Gasteiger charge is -2.36. The Kier molecular flexibility index (Phi) is 14.1. The van der Waals surface area contributed by atoms with Gasteiger partial charge < -0.3 is 30.1 Å². The van der Waals surface area contributed by atoms with E-state index in [2.05, 4.69) is 22.5 Å². The fourth-order valence-electron chi connectivity index (χ4n) is 5.21. The first-order valence-corrected chi connectivity index (χ1v) is 16.2. The summed E-state index contributed by atoms with van der Waals surface area (Å²) in [5.41, 5.74) is 1.85. The van der Waals surface area contributed by atoms with Gasteiger partial charge in [-0.3, -0.25) is 9.69 Å². The Morgan fingerprint density at radius 3 is 2.55 bits per heavy atom. The Morgan fingerprint density at radius 2 is 1.86 bits per heavy atom. The lowest BCUT2D eigenvalue weighted by Crippen LogP contribution is -2.47. The number of carbonyl (C=O) groups excluding carboxylic acids is 2. The highest BCUT2D eigenvalue weighted by Gasteiger charge is 2.30. The van der Waals surface area contributed by atoms with Gasteiger partial charge in [0.2, 0.25) is 0 Å². The van der Waals surface area contributed by atoms with Crippen LogP contribution >= 0.6 is 23.2 Å².